The second kappa shape index (κ2) is 6.36. The molecule has 0 spiro atoms. The highest BCUT2D eigenvalue weighted by Crippen LogP contribution is 2.23. The monoisotopic (exact) mass is 242 g/mol. The lowest BCUT2D eigenvalue weighted by molar-refractivity contribution is -0.121. The Kier molecular flexibility index (Phi) is 5.40. The van der Waals surface area contributed by atoms with Crippen molar-refractivity contribution in [1.29, 1.82) is 0 Å². The summed E-state index contributed by atoms with van der Waals surface area (Å²) in [6, 6.07) is 0.650. The summed E-state index contributed by atoms with van der Waals surface area (Å²) < 4.78 is 5.64. The van der Waals surface area contributed by atoms with Crippen LogP contribution in [0.3, 0.4) is 0 Å². The second-order valence-corrected chi connectivity index (χ2v) is 5.56. The van der Waals surface area contributed by atoms with Crippen molar-refractivity contribution in [3.05, 3.63) is 0 Å². The predicted octanol–water partition coefficient (Wildman–Crippen LogP) is 1.45. The molecule has 0 aromatic heterocycles. The van der Waals surface area contributed by atoms with Crippen molar-refractivity contribution in [2.24, 2.45) is 0 Å². The van der Waals surface area contributed by atoms with Crippen molar-refractivity contribution in [3.63, 3.8) is 0 Å². The summed E-state index contributed by atoms with van der Waals surface area (Å²) in [5, 5.41) is 6.27. The van der Waals surface area contributed by atoms with Gasteiger partial charge < -0.3 is 15.4 Å². The van der Waals surface area contributed by atoms with Crippen LogP contribution >= 0.6 is 0 Å². The number of rotatable bonds is 5. The Morgan fingerprint density at radius 3 is 2.82 bits per heavy atom. The quantitative estimate of drug-likeness (QED) is 0.767. The van der Waals surface area contributed by atoms with Crippen LogP contribution in [0, 0.1) is 0 Å². The molecule has 1 amide bonds. The molecule has 4 nitrogen and oxygen atoms in total. The third kappa shape index (κ3) is 5.50. The minimum absolute atomic E-state index is 0.0664. The highest BCUT2D eigenvalue weighted by Gasteiger charge is 2.28. The van der Waals surface area contributed by atoms with Crippen LogP contribution in [0.15, 0.2) is 0 Å². The first-order valence-electron chi connectivity index (χ1n) is 6.59. The zero-order valence-corrected chi connectivity index (χ0v) is 11.5. The second-order valence-electron chi connectivity index (χ2n) is 5.56. The number of ether oxygens (including phenoxy) is 1. The van der Waals surface area contributed by atoms with E-state index in [1.165, 1.54) is 0 Å². The van der Waals surface area contributed by atoms with Crippen molar-refractivity contribution in [2.45, 2.75) is 64.6 Å². The summed E-state index contributed by atoms with van der Waals surface area (Å²) in [7, 11) is 0. The molecule has 0 bridgehead atoms. The third-order valence-corrected chi connectivity index (χ3v) is 3.27. The average Bonchev–Trinajstić information content (AvgIpc) is 2.25. The van der Waals surface area contributed by atoms with E-state index in [9.17, 15) is 4.79 Å². The van der Waals surface area contributed by atoms with E-state index in [4.69, 9.17) is 4.74 Å². The number of nitrogens with one attached hydrogen (secondary N) is 2. The van der Waals surface area contributed by atoms with Crippen LogP contribution < -0.4 is 10.6 Å². The van der Waals surface area contributed by atoms with Gasteiger partial charge in [0.15, 0.2) is 0 Å². The molecule has 0 aromatic rings. The largest absolute Gasteiger partial charge is 0.375 e. The fraction of sp³-hybridized carbons (Fsp3) is 0.923. The lowest BCUT2D eigenvalue weighted by Crippen LogP contribution is -2.47. The molecule has 2 N–H and O–H groups in total. The SMILES string of the molecule is CCC(C)NC(=O)CNC1CCOC(C)(C)C1. The molecule has 4 heteroatoms. The lowest BCUT2D eigenvalue weighted by Gasteiger charge is -2.35. The summed E-state index contributed by atoms with van der Waals surface area (Å²) in [4.78, 5) is 11.6. The van der Waals surface area contributed by atoms with Gasteiger partial charge in [-0.25, -0.2) is 0 Å². The number of carbonyl (C=O) groups is 1. The van der Waals surface area contributed by atoms with E-state index in [1.54, 1.807) is 0 Å². The van der Waals surface area contributed by atoms with E-state index < -0.39 is 0 Å². The maximum atomic E-state index is 11.6. The molecule has 0 saturated carbocycles. The molecule has 1 aliphatic heterocycles. The van der Waals surface area contributed by atoms with Gasteiger partial charge in [0.1, 0.15) is 0 Å². The zero-order valence-electron chi connectivity index (χ0n) is 11.5. The lowest BCUT2D eigenvalue weighted by atomic mass is 9.94. The van der Waals surface area contributed by atoms with Crippen LogP contribution in [-0.4, -0.2) is 36.7 Å². The van der Waals surface area contributed by atoms with Gasteiger partial charge in [0.25, 0.3) is 0 Å². The summed E-state index contributed by atoms with van der Waals surface area (Å²) in [5.74, 6) is 0.0867. The molecule has 1 saturated heterocycles. The topological polar surface area (TPSA) is 50.4 Å². The summed E-state index contributed by atoms with van der Waals surface area (Å²) >= 11 is 0. The standard InChI is InChI=1S/C13H26N2O2/c1-5-10(2)15-12(16)9-14-11-6-7-17-13(3,4)8-11/h10-11,14H,5-9H2,1-4H3,(H,15,16). The van der Waals surface area contributed by atoms with E-state index >= 15 is 0 Å². The summed E-state index contributed by atoms with van der Waals surface area (Å²) in [5.41, 5.74) is -0.0664. The minimum atomic E-state index is -0.0664. The Morgan fingerprint density at radius 1 is 1.53 bits per heavy atom. The van der Waals surface area contributed by atoms with E-state index in [0.717, 1.165) is 25.9 Å². The molecule has 0 aromatic carbocycles. The average molecular weight is 242 g/mol. The maximum Gasteiger partial charge on any atom is 0.234 e. The van der Waals surface area contributed by atoms with Crippen LogP contribution in [0.1, 0.15) is 47.0 Å². The minimum Gasteiger partial charge on any atom is -0.375 e. The normalized spacial score (nSPS) is 25.3. The molecule has 1 aliphatic rings. The maximum absolute atomic E-state index is 11.6. The summed E-state index contributed by atoms with van der Waals surface area (Å²) in [6.45, 7) is 9.47. The van der Waals surface area contributed by atoms with Gasteiger partial charge >= 0.3 is 0 Å². The Bertz CT molecular complexity index is 254. The molecular weight excluding hydrogens is 216 g/mol. The Morgan fingerprint density at radius 2 is 2.24 bits per heavy atom. The van der Waals surface area contributed by atoms with Gasteiger partial charge in [-0.2, -0.15) is 0 Å². The molecule has 0 aliphatic carbocycles. The molecule has 17 heavy (non-hydrogen) atoms. The van der Waals surface area contributed by atoms with Crippen molar-refractivity contribution >= 4 is 5.91 Å². The van der Waals surface area contributed by atoms with Gasteiger partial charge in [-0.15, -0.1) is 0 Å². The molecule has 1 fully saturated rings. The van der Waals surface area contributed by atoms with E-state index in [-0.39, 0.29) is 17.6 Å². The number of hydrogen-bond acceptors (Lipinski definition) is 3. The van der Waals surface area contributed by atoms with Crippen LogP contribution in [0.2, 0.25) is 0 Å². The fourth-order valence-corrected chi connectivity index (χ4v) is 2.07. The number of hydrogen-bond donors (Lipinski definition) is 2. The highest BCUT2D eigenvalue weighted by atomic mass is 16.5. The first-order chi connectivity index (χ1) is 7.93. The fourth-order valence-electron chi connectivity index (χ4n) is 2.07. The third-order valence-electron chi connectivity index (χ3n) is 3.27. The van der Waals surface area contributed by atoms with E-state index in [2.05, 4.69) is 31.4 Å². The molecular formula is C13H26N2O2. The smallest absolute Gasteiger partial charge is 0.234 e. The van der Waals surface area contributed by atoms with Gasteiger partial charge in [0, 0.05) is 18.7 Å². The molecule has 2 unspecified atom stereocenters. The van der Waals surface area contributed by atoms with Crippen molar-refractivity contribution in [3.8, 4) is 0 Å². The van der Waals surface area contributed by atoms with Crippen LogP contribution in [0.5, 0.6) is 0 Å². The van der Waals surface area contributed by atoms with Crippen LogP contribution in [-0.2, 0) is 9.53 Å². The summed E-state index contributed by atoms with van der Waals surface area (Å²) in [6.07, 6.45) is 2.92. The highest BCUT2D eigenvalue weighted by molar-refractivity contribution is 5.78. The van der Waals surface area contributed by atoms with Gasteiger partial charge in [-0.1, -0.05) is 6.92 Å². The molecule has 2 atom stereocenters. The Labute approximate surface area is 104 Å². The molecule has 100 valence electrons. The molecule has 0 radical (unpaired) electrons. The predicted molar refractivity (Wildman–Crippen MR) is 69.0 cm³/mol. The van der Waals surface area contributed by atoms with Gasteiger partial charge in [0.2, 0.25) is 5.91 Å². The molecule has 1 rings (SSSR count). The van der Waals surface area contributed by atoms with Crippen molar-refractivity contribution in [2.75, 3.05) is 13.2 Å². The first-order valence-corrected chi connectivity index (χ1v) is 6.59. The Hall–Kier alpha value is -0.610. The van der Waals surface area contributed by atoms with Crippen molar-refractivity contribution in [1.82, 2.24) is 10.6 Å². The van der Waals surface area contributed by atoms with Crippen LogP contribution in [0.4, 0.5) is 0 Å². The van der Waals surface area contributed by atoms with E-state index in [0.29, 0.717) is 12.6 Å². The first kappa shape index (κ1) is 14.5. The van der Waals surface area contributed by atoms with E-state index in [1.807, 2.05) is 6.92 Å². The number of amides is 1. The van der Waals surface area contributed by atoms with Gasteiger partial charge in [0.05, 0.1) is 12.1 Å². The van der Waals surface area contributed by atoms with Gasteiger partial charge in [-0.3, -0.25) is 4.79 Å². The van der Waals surface area contributed by atoms with Crippen molar-refractivity contribution < 1.29 is 9.53 Å². The van der Waals surface area contributed by atoms with Crippen LogP contribution in [0.25, 0.3) is 0 Å². The number of carbonyl (C=O) groups excluding carboxylic acids is 1. The Balaban J connectivity index is 2.24. The zero-order chi connectivity index (χ0) is 12.9. The molecule has 1 heterocycles. The van der Waals surface area contributed by atoms with Gasteiger partial charge in [-0.05, 0) is 40.0 Å².